The fourth-order valence-corrected chi connectivity index (χ4v) is 3.00. The molecule has 23 heavy (non-hydrogen) atoms. The predicted octanol–water partition coefficient (Wildman–Crippen LogP) is 5.16. The van der Waals surface area contributed by atoms with Crippen LogP contribution in [0.25, 0.3) is 0 Å². The molecule has 0 aliphatic heterocycles. The first-order valence-electron chi connectivity index (χ1n) is 9.05. The number of nitrogens with one attached hydrogen (secondary N) is 1. The maximum atomic E-state index is 12.6. The van der Waals surface area contributed by atoms with Crippen molar-refractivity contribution in [1.82, 2.24) is 5.32 Å². The zero-order valence-corrected chi connectivity index (χ0v) is 15.9. The summed E-state index contributed by atoms with van der Waals surface area (Å²) in [6, 6.07) is 10.7. The number of benzene rings is 1. The Bertz CT molecular complexity index is 474. The van der Waals surface area contributed by atoms with E-state index in [4.69, 9.17) is 0 Å². The number of hydrogen-bond donors (Lipinski definition) is 1. The maximum Gasteiger partial charge on any atom is 0.139 e. The van der Waals surface area contributed by atoms with Crippen LogP contribution >= 0.6 is 0 Å². The Morgan fingerprint density at radius 1 is 1.09 bits per heavy atom. The third-order valence-electron chi connectivity index (χ3n) is 4.73. The molecule has 0 aliphatic rings. The van der Waals surface area contributed by atoms with Gasteiger partial charge in [0.25, 0.3) is 0 Å². The lowest BCUT2D eigenvalue weighted by Crippen LogP contribution is -2.50. The van der Waals surface area contributed by atoms with Gasteiger partial charge in [0.05, 0.1) is 0 Å². The van der Waals surface area contributed by atoms with Crippen molar-refractivity contribution in [3.05, 3.63) is 35.9 Å². The van der Waals surface area contributed by atoms with E-state index in [1.165, 1.54) is 5.56 Å². The molecule has 0 saturated carbocycles. The molecule has 2 heteroatoms. The monoisotopic (exact) mass is 317 g/mol. The fraction of sp³-hybridized carbons (Fsp3) is 0.667. The van der Waals surface area contributed by atoms with E-state index in [-0.39, 0.29) is 17.0 Å². The Labute approximate surface area is 143 Å². The van der Waals surface area contributed by atoms with Crippen LogP contribution in [0.15, 0.2) is 30.3 Å². The second kappa shape index (κ2) is 8.63. The summed E-state index contributed by atoms with van der Waals surface area (Å²) in [6.07, 6.45) is 4.87. The molecule has 0 fully saturated rings. The van der Waals surface area contributed by atoms with Crippen LogP contribution in [0.1, 0.15) is 72.8 Å². The van der Waals surface area contributed by atoms with Crippen LogP contribution in [0.2, 0.25) is 0 Å². The Balaban J connectivity index is 2.89. The molecule has 0 saturated heterocycles. The minimum Gasteiger partial charge on any atom is -0.308 e. The zero-order chi connectivity index (χ0) is 17.5. The molecule has 1 aromatic carbocycles. The first kappa shape index (κ1) is 19.9. The van der Waals surface area contributed by atoms with Gasteiger partial charge in [0.2, 0.25) is 0 Å². The van der Waals surface area contributed by atoms with Gasteiger partial charge in [-0.15, -0.1) is 0 Å². The van der Waals surface area contributed by atoms with Crippen molar-refractivity contribution in [1.29, 1.82) is 0 Å². The first-order chi connectivity index (χ1) is 10.7. The molecule has 0 spiro atoms. The molecule has 0 amide bonds. The van der Waals surface area contributed by atoms with E-state index < -0.39 is 0 Å². The van der Waals surface area contributed by atoms with Crippen molar-refractivity contribution in [3.8, 4) is 0 Å². The van der Waals surface area contributed by atoms with Gasteiger partial charge in [-0.05, 0) is 31.7 Å². The van der Waals surface area contributed by atoms with Crippen LogP contribution in [0.5, 0.6) is 0 Å². The second-order valence-electron chi connectivity index (χ2n) is 8.07. The molecule has 1 unspecified atom stereocenters. The van der Waals surface area contributed by atoms with Crippen LogP contribution in [-0.2, 0) is 11.2 Å². The predicted molar refractivity (Wildman–Crippen MR) is 99.8 cm³/mol. The van der Waals surface area contributed by atoms with Crippen molar-refractivity contribution in [3.63, 3.8) is 0 Å². The number of carbonyl (C=O) groups excluding carboxylic acids is 1. The van der Waals surface area contributed by atoms with Gasteiger partial charge in [-0.25, -0.2) is 0 Å². The zero-order valence-electron chi connectivity index (χ0n) is 15.9. The Kier molecular flexibility index (Phi) is 7.47. The standard InChI is InChI=1S/C21H35NO/c1-7-14-21(6,8-2)22-18(16-19(23)20(3,4)5)15-17-12-10-9-11-13-17/h9-13,18,22H,7-8,14-16H2,1-6H3/t18-,21?/m0/s1. The quantitative estimate of drug-likeness (QED) is 0.681. The van der Waals surface area contributed by atoms with Gasteiger partial charge in [0, 0.05) is 23.4 Å². The average molecular weight is 318 g/mol. The molecule has 0 aromatic heterocycles. The smallest absolute Gasteiger partial charge is 0.139 e. The highest BCUT2D eigenvalue weighted by atomic mass is 16.1. The van der Waals surface area contributed by atoms with Crippen LogP contribution in [0.3, 0.4) is 0 Å². The fourth-order valence-electron chi connectivity index (χ4n) is 3.00. The Morgan fingerprint density at radius 2 is 1.70 bits per heavy atom. The molecule has 0 aliphatic carbocycles. The highest BCUT2D eigenvalue weighted by Crippen LogP contribution is 2.23. The highest BCUT2D eigenvalue weighted by molar-refractivity contribution is 5.84. The minimum absolute atomic E-state index is 0.104. The van der Waals surface area contributed by atoms with Crippen LogP contribution < -0.4 is 5.32 Å². The number of hydrogen-bond acceptors (Lipinski definition) is 2. The average Bonchev–Trinajstić information content (AvgIpc) is 2.47. The van der Waals surface area contributed by atoms with E-state index in [9.17, 15) is 4.79 Å². The molecule has 2 nitrogen and oxygen atoms in total. The van der Waals surface area contributed by atoms with E-state index in [2.05, 4.69) is 50.4 Å². The van der Waals surface area contributed by atoms with Gasteiger partial charge < -0.3 is 5.32 Å². The van der Waals surface area contributed by atoms with Gasteiger partial charge in [0.15, 0.2) is 0 Å². The summed E-state index contributed by atoms with van der Waals surface area (Å²) in [5, 5.41) is 3.81. The summed E-state index contributed by atoms with van der Waals surface area (Å²) >= 11 is 0. The second-order valence-corrected chi connectivity index (χ2v) is 8.07. The van der Waals surface area contributed by atoms with E-state index in [0.717, 1.165) is 25.7 Å². The van der Waals surface area contributed by atoms with E-state index in [1.807, 2.05) is 26.8 Å². The number of ketones is 1. The third-order valence-corrected chi connectivity index (χ3v) is 4.73. The van der Waals surface area contributed by atoms with Crippen molar-refractivity contribution in [2.75, 3.05) is 0 Å². The van der Waals surface area contributed by atoms with Gasteiger partial charge in [-0.3, -0.25) is 4.79 Å². The van der Waals surface area contributed by atoms with Gasteiger partial charge in [-0.2, -0.15) is 0 Å². The summed E-state index contributed by atoms with van der Waals surface area (Å²) < 4.78 is 0. The molecule has 1 aromatic rings. The SMILES string of the molecule is CCCC(C)(CC)N[C@H](CC(=O)C(C)(C)C)Cc1ccccc1. The number of Topliss-reactive ketones (excluding diaryl/α,β-unsaturated/α-hetero) is 1. The molecule has 0 heterocycles. The van der Waals surface area contributed by atoms with Crippen molar-refractivity contribution in [2.45, 2.75) is 85.2 Å². The number of carbonyl (C=O) groups is 1. The minimum atomic E-state index is -0.274. The Morgan fingerprint density at radius 3 is 2.17 bits per heavy atom. The summed E-state index contributed by atoms with van der Waals surface area (Å²) in [7, 11) is 0. The largest absolute Gasteiger partial charge is 0.308 e. The summed E-state index contributed by atoms with van der Waals surface area (Å²) in [5.41, 5.74) is 1.12. The molecule has 2 atom stereocenters. The lowest BCUT2D eigenvalue weighted by Gasteiger charge is -2.35. The maximum absolute atomic E-state index is 12.6. The lowest BCUT2D eigenvalue weighted by molar-refractivity contribution is -0.126. The number of rotatable bonds is 9. The molecular weight excluding hydrogens is 282 g/mol. The summed E-state index contributed by atoms with van der Waals surface area (Å²) in [4.78, 5) is 12.6. The van der Waals surface area contributed by atoms with Gasteiger partial charge >= 0.3 is 0 Å². The van der Waals surface area contributed by atoms with Gasteiger partial charge in [0.1, 0.15) is 5.78 Å². The normalized spacial score (nSPS) is 15.9. The molecule has 0 radical (unpaired) electrons. The van der Waals surface area contributed by atoms with E-state index in [0.29, 0.717) is 12.2 Å². The topological polar surface area (TPSA) is 29.1 Å². The van der Waals surface area contributed by atoms with E-state index in [1.54, 1.807) is 0 Å². The molecule has 0 bridgehead atoms. The molecular formula is C21H35NO. The third kappa shape index (κ3) is 6.87. The van der Waals surface area contributed by atoms with Gasteiger partial charge in [-0.1, -0.05) is 71.4 Å². The molecule has 130 valence electrons. The summed E-state index contributed by atoms with van der Waals surface area (Å²) in [6.45, 7) is 12.8. The molecule has 1 rings (SSSR count). The molecule has 1 N–H and O–H groups in total. The van der Waals surface area contributed by atoms with Crippen LogP contribution in [0, 0.1) is 5.41 Å². The Hall–Kier alpha value is -1.15. The van der Waals surface area contributed by atoms with Crippen molar-refractivity contribution in [2.24, 2.45) is 5.41 Å². The van der Waals surface area contributed by atoms with Crippen molar-refractivity contribution < 1.29 is 4.79 Å². The van der Waals surface area contributed by atoms with E-state index >= 15 is 0 Å². The van der Waals surface area contributed by atoms with Crippen LogP contribution in [0.4, 0.5) is 0 Å². The van der Waals surface area contributed by atoms with Crippen molar-refractivity contribution >= 4 is 5.78 Å². The highest BCUT2D eigenvalue weighted by Gasteiger charge is 2.29. The first-order valence-corrected chi connectivity index (χ1v) is 9.05. The summed E-state index contributed by atoms with van der Waals surface area (Å²) in [5.74, 6) is 0.334. The lowest BCUT2D eigenvalue weighted by atomic mass is 9.84. The van der Waals surface area contributed by atoms with Crippen LogP contribution in [-0.4, -0.2) is 17.4 Å².